The lowest BCUT2D eigenvalue weighted by Gasteiger charge is -2.03. The zero-order valence-electron chi connectivity index (χ0n) is 9.22. The van der Waals surface area contributed by atoms with E-state index in [1.54, 1.807) is 18.3 Å². The van der Waals surface area contributed by atoms with Crippen LogP contribution in [0, 0.1) is 5.82 Å². The summed E-state index contributed by atoms with van der Waals surface area (Å²) in [5, 5.41) is 3.09. The van der Waals surface area contributed by atoms with Gasteiger partial charge in [0.2, 0.25) is 5.91 Å². The number of nitrogen functional groups attached to an aromatic ring is 1. The summed E-state index contributed by atoms with van der Waals surface area (Å²) in [6.45, 7) is 0. The maximum atomic E-state index is 12.9. The maximum Gasteiger partial charge on any atom is 0.234 e. The number of hydrogen-bond donors (Lipinski definition) is 2. The Morgan fingerprint density at radius 3 is 3.06 bits per heavy atom. The van der Waals surface area contributed by atoms with Crippen molar-refractivity contribution in [2.75, 3.05) is 16.8 Å². The summed E-state index contributed by atoms with van der Waals surface area (Å²) in [7, 11) is 0. The highest BCUT2D eigenvalue weighted by Gasteiger charge is 2.06. The van der Waals surface area contributed by atoms with Crippen LogP contribution in [0.4, 0.5) is 15.2 Å². The number of carbonyl (C=O) groups is 1. The Hall–Kier alpha value is -1.60. The summed E-state index contributed by atoms with van der Waals surface area (Å²) in [6, 6.07) is 5.77. The Kier molecular flexibility index (Phi) is 4.16. The lowest BCUT2D eigenvalue weighted by atomic mass is 10.3. The van der Waals surface area contributed by atoms with Gasteiger partial charge in [-0.25, -0.2) is 9.37 Å². The molecule has 7 heteroatoms. The van der Waals surface area contributed by atoms with E-state index in [1.807, 2.05) is 0 Å². The fraction of sp³-hybridized carbons (Fsp3) is 0.0909. The van der Waals surface area contributed by atoms with Gasteiger partial charge in [0.1, 0.15) is 5.82 Å². The maximum absolute atomic E-state index is 12.9. The molecule has 2 aromatic rings. The number of rotatable bonds is 4. The highest BCUT2D eigenvalue weighted by Crippen LogP contribution is 2.26. The van der Waals surface area contributed by atoms with Gasteiger partial charge in [-0.1, -0.05) is 17.4 Å². The van der Waals surface area contributed by atoms with Crippen molar-refractivity contribution in [2.24, 2.45) is 0 Å². The number of thioether (sulfide) groups is 1. The van der Waals surface area contributed by atoms with Crippen molar-refractivity contribution in [1.82, 2.24) is 4.98 Å². The second kappa shape index (κ2) is 5.83. The normalized spacial score (nSPS) is 10.3. The average molecular weight is 283 g/mol. The number of thiazole rings is 1. The number of nitrogens with two attached hydrogens (primary N) is 1. The molecule has 0 aliphatic heterocycles. The van der Waals surface area contributed by atoms with Crippen LogP contribution in [0.25, 0.3) is 0 Å². The standard InChI is InChI=1S/C11H10FN3OS2/c12-7-2-1-3-8(4-7)15-9(16)6-17-10-5-14-11(13)18-10/h1-5H,6H2,(H2,13,14)(H,15,16). The van der Waals surface area contributed by atoms with E-state index in [-0.39, 0.29) is 17.5 Å². The molecule has 0 fully saturated rings. The molecule has 18 heavy (non-hydrogen) atoms. The van der Waals surface area contributed by atoms with Crippen molar-refractivity contribution in [3.8, 4) is 0 Å². The van der Waals surface area contributed by atoms with Crippen molar-refractivity contribution in [1.29, 1.82) is 0 Å². The summed E-state index contributed by atoms with van der Waals surface area (Å²) < 4.78 is 13.8. The van der Waals surface area contributed by atoms with Crippen LogP contribution in [-0.2, 0) is 4.79 Å². The Labute approximate surface area is 111 Å². The van der Waals surface area contributed by atoms with E-state index < -0.39 is 0 Å². The molecule has 0 radical (unpaired) electrons. The van der Waals surface area contributed by atoms with Crippen LogP contribution in [0.1, 0.15) is 0 Å². The molecule has 2 rings (SSSR count). The number of carbonyl (C=O) groups excluding carboxylic acids is 1. The van der Waals surface area contributed by atoms with E-state index in [9.17, 15) is 9.18 Å². The molecule has 0 saturated heterocycles. The molecule has 1 aromatic heterocycles. The molecule has 0 aliphatic rings. The first-order valence-electron chi connectivity index (χ1n) is 5.03. The first-order chi connectivity index (χ1) is 8.63. The van der Waals surface area contributed by atoms with Crippen LogP contribution in [0.3, 0.4) is 0 Å². The molecular weight excluding hydrogens is 273 g/mol. The van der Waals surface area contributed by atoms with E-state index >= 15 is 0 Å². The minimum absolute atomic E-state index is 0.197. The number of hydrogen-bond acceptors (Lipinski definition) is 5. The smallest absolute Gasteiger partial charge is 0.234 e. The molecule has 0 atom stereocenters. The quantitative estimate of drug-likeness (QED) is 0.846. The average Bonchev–Trinajstić information content (AvgIpc) is 2.73. The van der Waals surface area contributed by atoms with Gasteiger partial charge in [0.15, 0.2) is 5.13 Å². The van der Waals surface area contributed by atoms with Crippen LogP contribution in [0.2, 0.25) is 0 Å². The number of nitrogens with zero attached hydrogens (tertiary/aromatic N) is 1. The number of benzene rings is 1. The van der Waals surface area contributed by atoms with Gasteiger partial charge in [0.25, 0.3) is 0 Å². The Morgan fingerprint density at radius 2 is 2.39 bits per heavy atom. The van der Waals surface area contributed by atoms with E-state index in [4.69, 9.17) is 5.73 Å². The van der Waals surface area contributed by atoms with E-state index in [0.29, 0.717) is 10.8 Å². The molecule has 1 heterocycles. The molecule has 1 amide bonds. The van der Waals surface area contributed by atoms with Crippen molar-refractivity contribution < 1.29 is 9.18 Å². The molecule has 0 saturated carbocycles. The van der Waals surface area contributed by atoms with Crippen LogP contribution in [-0.4, -0.2) is 16.6 Å². The first kappa shape index (κ1) is 12.8. The second-order valence-corrected chi connectivity index (χ2v) is 5.70. The minimum atomic E-state index is -0.379. The Morgan fingerprint density at radius 1 is 1.56 bits per heavy atom. The molecular formula is C11H10FN3OS2. The summed E-state index contributed by atoms with van der Waals surface area (Å²) >= 11 is 2.67. The number of amides is 1. The topological polar surface area (TPSA) is 68.0 Å². The Bertz CT molecular complexity index is 559. The molecule has 0 aliphatic carbocycles. The summed E-state index contributed by atoms with van der Waals surface area (Å²) in [6.07, 6.45) is 1.63. The van der Waals surface area contributed by atoms with E-state index in [1.165, 1.54) is 35.2 Å². The monoisotopic (exact) mass is 283 g/mol. The zero-order valence-corrected chi connectivity index (χ0v) is 10.9. The largest absolute Gasteiger partial charge is 0.375 e. The van der Waals surface area contributed by atoms with Crippen molar-refractivity contribution in [2.45, 2.75) is 4.21 Å². The highest BCUT2D eigenvalue weighted by molar-refractivity contribution is 8.01. The van der Waals surface area contributed by atoms with Gasteiger partial charge in [-0.05, 0) is 18.2 Å². The second-order valence-electron chi connectivity index (χ2n) is 3.36. The van der Waals surface area contributed by atoms with Crippen LogP contribution < -0.4 is 11.1 Å². The van der Waals surface area contributed by atoms with Crippen molar-refractivity contribution in [3.63, 3.8) is 0 Å². The van der Waals surface area contributed by atoms with E-state index in [2.05, 4.69) is 10.3 Å². The summed E-state index contributed by atoms with van der Waals surface area (Å²) in [5.74, 6) is -0.341. The third-order valence-electron chi connectivity index (χ3n) is 1.96. The molecule has 0 unspecified atom stereocenters. The molecule has 94 valence electrons. The summed E-state index contributed by atoms with van der Waals surface area (Å²) in [5.41, 5.74) is 5.93. The lowest BCUT2D eigenvalue weighted by Crippen LogP contribution is -2.13. The van der Waals surface area contributed by atoms with Crippen LogP contribution >= 0.6 is 23.1 Å². The van der Waals surface area contributed by atoms with Crippen molar-refractivity contribution >= 4 is 39.8 Å². The van der Waals surface area contributed by atoms with E-state index in [0.717, 1.165) is 4.21 Å². The molecule has 3 N–H and O–H groups in total. The van der Waals surface area contributed by atoms with Gasteiger partial charge in [-0.2, -0.15) is 0 Å². The number of nitrogens with one attached hydrogen (secondary N) is 1. The predicted molar refractivity (Wildman–Crippen MR) is 72.3 cm³/mol. The number of aromatic nitrogens is 1. The van der Waals surface area contributed by atoms with Crippen LogP contribution in [0.15, 0.2) is 34.7 Å². The fourth-order valence-corrected chi connectivity index (χ4v) is 2.80. The highest BCUT2D eigenvalue weighted by atomic mass is 32.2. The van der Waals surface area contributed by atoms with Gasteiger partial charge < -0.3 is 11.1 Å². The minimum Gasteiger partial charge on any atom is -0.375 e. The summed E-state index contributed by atoms with van der Waals surface area (Å²) in [4.78, 5) is 15.5. The first-order valence-corrected chi connectivity index (χ1v) is 6.83. The molecule has 1 aromatic carbocycles. The Balaban J connectivity index is 1.85. The van der Waals surface area contributed by atoms with Crippen LogP contribution in [0.5, 0.6) is 0 Å². The van der Waals surface area contributed by atoms with Gasteiger partial charge in [0, 0.05) is 5.69 Å². The number of anilines is 2. The molecule has 0 spiro atoms. The predicted octanol–water partition coefficient (Wildman–Crippen LogP) is 2.60. The molecule has 4 nitrogen and oxygen atoms in total. The van der Waals surface area contributed by atoms with Gasteiger partial charge >= 0.3 is 0 Å². The van der Waals surface area contributed by atoms with Crippen molar-refractivity contribution in [3.05, 3.63) is 36.3 Å². The fourth-order valence-electron chi connectivity index (χ4n) is 1.24. The molecule has 0 bridgehead atoms. The third kappa shape index (κ3) is 3.71. The SMILES string of the molecule is Nc1ncc(SCC(=O)Nc2cccc(F)c2)s1. The third-order valence-corrected chi connectivity index (χ3v) is 3.98. The number of halogens is 1. The zero-order chi connectivity index (χ0) is 13.0. The lowest BCUT2D eigenvalue weighted by molar-refractivity contribution is -0.113. The van der Waals surface area contributed by atoms with Gasteiger partial charge in [0.05, 0.1) is 16.2 Å². The van der Waals surface area contributed by atoms with Gasteiger partial charge in [-0.15, -0.1) is 11.8 Å². The van der Waals surface area contributed by atoms with Gasteiger partial charge in [-0.3, -0.25) is 4.79 Å².